The zero-order valence-corrected chi connectivity index (χ0v) is 14.2. The fourth-order valence-corrected chi connectivity index (χ4v) is 3.10. The monoisotopic (exact) mass is 302 g/mol. The van der Waals surface area contributed by atoms with Crippen LogP contribution in [0.4, 0.5) is 0 Å². The van der Waals surface area contributed by atoms with Crippen LogP contribution in [0.5, 0.6) is 0 Å². The average Bonchev–Trinajstić information content (AvgIpc) is 3.09. The molecule has 122 valence electrons. The molecule has 2 rings (SSSR count). The summed E-state index contributed by atoms with van der Waals surface area (Å²) >= 11 is 0. The van der Waals surface area contributed by atoms with Gasteiger partial charge >= 0.3 is 0 Å². The van der Waals surface area contributed by atoms with Crippen molar-refractivity contribution in [3.63, 3.8) is 0 Å². The SMILES string of the molecule is CN=C(NCCN(C)C1CCCC1)NC(C)c1ccccc1. The van der Waals surface area contributed by atoms with E-state index in [0.717, 1.165) is 25.1 Å². The number of nitrogens with one attached hydrogen (secondary N) is 2. The van der Waals surface area contributed by atoms with Crippen molar-refractivity contribution in [1.29, 1.82) is 0 Å². The third kappa shape index (κ3) is 5.02. The van der Waals surface area contributed by atoms with Crippen molar-refractivity contribution in [1.82, 2.24) is 15.5 Å². The fourth-order valence-electron chi connectivity index (χ4n) is 3.10. The Morgan fingerprint density at radius 2 is 1.95 bits per heavy atom. The molecule has 0 saturated heterocycles. The molecular formula is C18H30N4. The highest BCUT2D eigenvalue weighted by Crippen LogP contribution is 2.21. The van der Waals surface area contributed by atoms with E-state index >= 15 is 0 Å². The summed E-state index contributed by atoms with van der Waals surface area (Å²) in [6.45, 7) is 4.14. The second kappa shape index (κ2) is 8.79. The molecule has 0 aliphatic heterocycles. The van der Waals surface area contributed by atoms with Crippen LogP contribution >= 0.6 is 0 Å². The highest BCUT2D eigenvalue weighted by atomic mass is 15.2. The van der Waals surface area contributed by atoms with Crippen LogP contribution in [0.15, 0.2) is 35.3 Å². The van der Waals surface area contributed by atoms with Gasteiger partial charge in [-0.15, -0.1) is 0 Å². The zero-order chi connectivity index (χ0) is 15.8. The first-order chi connectivity index (χ1) is 10.7. The number of rotatable bonds is 6. The maximum atomic E-state index is 4.32. The number of guanidine groups is 1. The predicted octanol–water partition coefficient (Wildman–Crippen LogP) is 2.79. The summed E-state index contributed by atoms with van der Waals surface area (Å²) in [5, 5.41) is 6.87. The molecule has 0 bridgehead atoms. The van der Waals surface area contributed by atoms with Crippen LogP contribution in [0, 0.1) is 0 Å². The van der Waals surface area contributed by atoms with Gasteiger partial charge in [-0.2, -0.15) is 0 Å². The van der Waals surface area contributed by atoms with Crippen LogP contribution in [0.25, 0.3) is 0 Å². The summed E-state index contributed by atoms with van der Waals surface area (Å²) in [5.41, 5.74) is 1.27. The molecule has 0 heterocycles. The quantitative estimate of drug-likeness (QED) is 0.627. The molecule has 4 nitrogen and oxygen atoms in total. The number of hydrogen-bond donors (Lipinski definition) is 2. The molecule has 2 N–H and O–H groups in total. The molecule has 1 aromatic rings. The van der Waals surface area contributed by atoms with Crippen LogP contribution in [0.2, 0.25) is 0 Å². The molecule has 1 aliphatic carbocycles. The van der Waals surface area contributed by atoms with Crippen LogP contribution in [-0.4, -0.2) is 44.1 Å². The van der Waals surface area contributed by atoms with E-state index < -0.39 is 0 Å². The number of hydrogen-bond acceptors (Lipinski definition) is 2. The lowest BCUT2D eigenvalue weighted by Gasteiger charge is -2.25. The van der Waals surface area contributed by atoms with Crippen molar-refractivity contribution in [2.45, 2.75) is 44.7 Å². The molecule has 1 fully saturated rings. The molecule has 1 atom stereocenters. The van der Waals surface area contributed by atoms with E-state index in [1.165, 1.54) is 31.2 Å². The number of nitrogens with zero attached hydrogens (tertiary/aromatic N) is 2. The first-order valence-corrected chi connectivity index (χ1v) is 8.43. The minimum absolute atomic E-state index is 0.250. The van der Waals surface area contributed by atoms with E-state index in [2.05, 4.69) is 58.8 Å². The van der Waals surface area contributed by atoms with Crippen LogP contribution in [0.1, 0.15) is 44.2 Å². The molecule has 22 heavy (non-hydrogen) atoms. The Bertz CT molecular complexity index is 451. The highest BCUT2D eigenvalue weighted by molar-refractivity contribution is 5.80. The zero-order valence-electron chi connectivity index (χ0n) is 14.2. The maximum absolute atomic E-state index is 4.32. The van der Waals surface area contributed by atoms with E-state index in [0.29, 0.717) is 0 Å². The van der Waals surface area contributed by atoms with E-state index in [1.54, 1.807) is 0 Å². The topological polar surface area (TPSA) is 39.7 Å². The van der Waals surface area contributed by atoms with E-state index in [1.807, 2.05) is 13.1 Å². The summed E-state index contributed by atoms with van der Waals surface area (Å²) in [7, 11) is 4.06. The number of benzene rings is 1. The van der Waals surface area contributed by atoms with Gasteiger partial charge in [0.05, 0.1) is 6.04 Å². The molecule has 0 amide bonds. The van der Waals surface area contributed by atoms with Gasteiger partial charge in [-0.1, -0.05) is 43.2 Å². The molecule has 1 aromatic carbocycles. The standard InChI is InChI=1S/C18H30N4/c1-15(16-9-5-4-6-10-16)21-18(19-2)20-13-14-22(3)17-11-7-8-12-17/h4-6,9-10,15,17H,7-8,11-14H2,1-3H3,(H2,19,20,21). The molecule has 0 spiro atoms. The highest BCUT2D eigenvalue weighted by Gasteiger charge is 2.18. The summed E-state index contributed by atoms with van der Waals surface area (Å²) in [6.07, 6.45) is 5.49. The third-order valence-electron chi connectivity index (χ3n) is 4.58. The molecule has 1 unspecified atom stereocenters. The van der Waals surface area contributed by atoms with Crippen molar-refractivity contribution in [2.75, 3.05) is 27.2 Å². The van der Waals surface area contributed by atoms with E-state index in [4.69, 9.17) is 0 Å². The second-order valence-electron chi connectivity index (χ2n) is 6.19. The largest absolute Gasteiger partial charge is 0.355 e. The van der Waals surface area contributed by atoms with Gasteiger partial charge in [-0.3, -0.25) is 4.99 Å². The van der Waals surface area contributed by atoms with Crippen LogP contribution < -0.4 is 10.6 Å². The Morgan fingerprint density at radius 1 is 1.27 bits per heavy atom. The fraction of sp³-hybridized carbons (Fsp3) is 0.611. The Hall–Kier alpha value is -1.55. The predicted molar refractivity (Wildman–Crippen MR) is 94.2 cm³/mol. The normalized spacial score (nSPS) is 17.7. The average molecular weight is 302 g/mol. The van der Waals surface area contributed by atoms with Gasteiger partial charge in [0.15, 0.2) is 5.96 Å². The smallest absolute Gasteiger partial charge is 0.191 e. The molecule has 4 heteroatoms. The Kier molecular flexibility index (Phi) is 6.72. The molecule has 1 saturated carbocycles. The summed E-state index contributed by atoms with van der Waals surface area (Å²) in [6, 6.07) is 11.5. The minimum atomic E-state index is 0.250. The third-order valence-corrected chi connectivity index (χ3v) is 4.58. The summed E-state index contributed by atoms with van der Waals surface area (Å²) < 4.78 is 0. The van der Waals surface area contributed by atoms with Gasteiger partial charge in [0, 0.05) is 26.2 Å². The molecule has 1 aliphatic rings. The van der Waals surface area contributed by atoms with Gasteiger partial charge < -0.3 is 15.5 Å². The summed E-state index contributed by atoms with van der Waals surface area (Å²) in [4.78, 5) is 6.80. The van der Waals surface area contributed by atoms with E-state index in [9.17, 15) is 0 Å². The van der Waals surface area contributed by atoms with Gasteiger partial charge in [0.2, 0.25) is 0 Å². The lowest BCUT2D eigenvalue weighted by molar-refractivity contribution is 0.249. The molecule has 0 aromatic heterocycles. The van der Waals surface area contributed by atoms with Gasteiger partial charge in [-0.25, -0.2) is 0 Å². The van der Waals surface area contributed by atoms with Crippen LogP contribution in [0.3, 0.4) is 0 Å². The number of aliphatic imine (C=N–C) groups is 1. The van der Waals surface area contributed by atoms with Crippen molar-refractivity contribution in [3.05, 3.63) is 35.9 Å². The first-order valence-electron chi connectivity index (χ1n) is 8.43. The minimum Gasteiger partial charge on any atom is -0.355 e. The second-order valence-corrected chi connectivity index (χ2v) is 6.19. The lowest BCUT2D eigenvalue weighted by atomic mass is 10.1. The van der Waals surface area contributed by atoms with Crippen molar-refractivity contribution in [2.24, 2.45) is 4.99 Å². The van der Waals surface area contributed by atoms with Crippen LogP contribution in [-0.2, 0) is 0 Å². The van der Waals surface area contributed by atoms with Crippen molar-refractivity contribution >= 4 is 5.96 Å². The summed E-state index contributed by atoms with van der Waals surface area (Å²) in [5.74, 6) is 0.871. The Balaban J connectivity index is 1.73. The first kappa shape index (κ1) is 16.8. The Labute approximate surface area is 135 Å². The lowest BCUT2D eigenvalue weighted by Crippen LogP contribution is -2.43. The maximum Gasteiger partial charge on any atom is 0.191 e. The van der Waals surface area contributed by atoms with Gasteiger partial charge in [0.25, 0.3) is 0 Å². The van der Waals surface area contributed by atoms with E-state index in [-0.39, 0.29) is 6.04 Å². The molecule has 0 radical (unpaired) electrons. The van der Waals surface area contributed by atoms with Gasteiger partial charge in [0.1, 0.15) is 0 Å². The van der Waals surface area contributed by atoms with Crippen molar-refractivity contribution < 1.29 is 0 Å². The molecular weight excluding hydrogens is 272 g/mol. The van der Waals surface area contributed by atoms with Gasteiger partial charge in [-0.05, 0) is 32.4 Å². The number of likely N-dealkylation sites (N-methyl/N-ethyl adjacent to an activating group) is 1. The van der Waals surface area contributed by atoms with Crippen molar-refractivity contribution in [3.8, 4) is 0 Å². The Morgan fingerprint density at radius 3 is 2.59 bits per heavy atom.